The summed E-state index contributed by atoms with van der Waals surface area (Å²) in [7, 11) is 0. The van der Waals surface area contributed by atoms with E-state index in [4.69, 9.17) is 10.5 Å². The van der Waals surface area contributed by atoms with Gasteiger partial charge in [0.05, 0.1) is 0 Å². The maximum Gasteiger partial charge on any atom is 0.130 e. The van der Waals surface area contributed by atoms with Gasteiger partial charge in [0.1, 0.15) is 17.3 Å². The highest BCUT2D eigenvalue weighted by Gasteiger charge is 2.09. The van der Waals surface area contributed by atoms with Crippen LogP contribution in [0.1, 0.15) is 22.3 Å². The van der Waals surface area contributed by atoms with Gasteiger partial charge in [-0.25, -0.2) is 4.39 Å². The number of hydrogen-bond acceptors (Lipinski definition) is 2. The molecule has 0 heterocycles. The molecular weight excluding hydrogens is 253 g/mol. The number of hydrogen-bond donors (Lipinski definition) is 1. The van der Waals surface area contributed by atoms with E-state index in [0.717, 1.165) is 22.4 Å². The molecule has 0 aromatic heterocycles. The normalized spacial score (nSPS) is 10.7. The summed E-state index contributed by atoms with van der Waals surface area (Å²) in [6.45, 7) is 6.58. The van der Waals surface area contributed by atoms with E-state index >= 15 is 0 Å². The predicted octanol–water partition coefficient (Wildman–Crippen LogP) is 4.04. The predicted molar refractivity (Wildman–Crippen MR) is 79.9 cm³/mol. The summed E-state index contributed by atoms with van der Waals surface area (Å²) in [5.41, 5.74) is 9.79. The van der Waals surface area contributed by atoms with Crippen molar-refractivity contribution in [1.82, 2.24) is 0 Å². The second-order valence-corrected chi connectivity index (χ2v) is 5.10. The molecule has 0 saturated carbocycles. The van der Waals surface area contributed by atoms with E-state index in [0.29, 0.717) is 18.7 Å². The van der Waals surface area contributed by atoms with Gasteiger partial charge in [-0.1, -0.05) is 6.07 Å². The van der Waals surface area contributed by atoms with Crippen LogP contribution in [0.2, 0.25) is 0 Å². The van der Waals surface area contributed by atoms with Crippen molar-refractivity contribution in [3.05, 3.63) is 58.4 Å². The van der Waals surface area contributed by atoms with Crippen LogP contribution in [0.4, 0.5) is 4.39 Å². The molecule has 106 valence electrons. The molecule has 0 bridgehead atoms. The third kappa shape index (κ3) is 3.17. The van der Waals surface area contributed by atoms with Crippen LogP contribution in [0.5, 0.6) is 11.5 Å². The molecule has 0 unspecified atom stereocenters. The number of rotatable bonds is 4. The lowest BCUT2D eigenvalue weighted by molar-refractivity contribution is 0.469. The van der Waals surface area contributed by atoms with Crippen LogP contribution in [0.25, 0.3) is 0 Å². The molecule has 2 N–H and O–H groups in total. The highest BCUT2D eigenvalue weighted by atomic mass is 19.1. The topological polar surface area (TPSA) is 35.2 Å². The van der Waals surface area contributed by atoms with Crippen molar-refractivity contribution < 1.29 is 9.13 Å². The van der Waals surface area contributed by atoms with Crippen LogP contribution in [0.15, 0.2) is 30.3 Å². The van der Waals surface area contributed by atoms with Crippen LogP contribution < -0.4 is 10.5 Å². The minimum Gasteiger partial charge on any atom is -0.457 e. The molecule has 0 saturated heterocycles. The molecule has 0 radical (unpaired) electrons. The maximum atomic E-state index is 13.3. The van der Waals surface area contributed by atoms with Crippen molar-refractivity contribution in [3.63, 3.8) is 0 Å². The molecule has 0 spiro atoms. The highest BCUT2D eigenvalue weighted by Crippen LogP contribution is 2.31. The summed E-state index contributed by atoms with van der Waals surface area (Å²) < 4.78 is 19.3. The lowest BCUT2D eigenvalue weighted by Gasteiger charge is -2.15. The minimum absolute atomic E-state index is 0.266. The van der Waals surface area contributed by atoms with Crippen LogP contribution in [-0.4, -0.2) is 6.54 Å². The van der Waals surface area contributed by atoms with Crippen LogP contribution >= 0.6 is 0 Å². The summed E-state index contributed by atoms with van der Waals surface area (Å²) in [6.07, 6.45) is 0.594. The van der Waals surface area contributed by atoms with E-state index in [9.17, 15) is 4.39 Å². The Morgan fingerprint density at radius 1 is 1.05 bits per heavy atom. The Morgan fingerprint density at radius 3 is 2.50 bits per heavy atom. The summed E-state index contributed by atoms with van der Waals surface area (Å²) >= 11 is 0. The summed E-state index contributed by atoms with van der Waals surface area (Å²) in [5, 5.41) is 0. The van der Waals surface area contributed by atoms with Crippen LogP contribution in [0.3, 0.4) is 0 Å². The Hall–Kier alpha value is -1.87. The van der Waals surface area contributed by atoms with Gasteiger partial charge in [-0.05, 0) is 80.3 Å². The fraction of sp³-hybridized carbons (Fsp3) is 0.294. The van der Waals surface area contributed by atoms with Gasteiger partial charge >= 0.3 is 0 Å². The lowest BCUT2D eigenvalue weighted by atomic mass is 10.1. The summed E-state index contributed by atoms with van der Waals surface area (Å²) in [5.74, 6) is 1.22. The van der Waals surface area contributed by atoms with E-state index in [1.165, 1.54) is 17.7 Å². The molecule has 0 aliphatic carbocycles. The second-order valence-electron chi connectivity index (χ2n) is 5.10. The summed E-state index contributed by atoms with van der Waals surface area (Å²) in [6, 6.07) is 8.68. The molecule has 0 amide bonds. The fourth-order valence-electron chi connectivity index (χ4n) is 2.22. The van der Waals surface area contributed by atoms with Crippen molar-refractivity contribution in [3.8, 4) is 11.5 Å². The number of benzene rings is 2. The molecule has 0 atom stereocenters. The molecule has 20 heavy (non-hydrogen) atoms. The van der Waals surface area contributed by atoms with Gasteiger partial charge in [-0.15, -0.1) is 0 Å². The van der Waals surface area contributed by atoms with Gasteiger partial charge in [0.15, 0.2) is 0 Å². The van der Waals surface area contributed by atoms with E-state index in [1.807, 2.05) is 19.9 Å². The average Bonchev–Trinajstić information content (AvgIpc) is 2.38. The van der Waals surface area contributed by atoms with Crippen molar-refractivity contribution in [2.75, 3.05) is 6.54 Å². The largest absolute Gasteiger partial charge is 0.457 e. The highest BCUT2D eigenvalue weighted by molar-refractivity contribution is 5.46. The zero-order valence-corrected chi connectivity index (χ0v) is 12.2. The third-order valence-corrected chi connectivity index (χ3v) is 3.42. The molecular formula is C17H20FNO. The lowest BCUT2D eigenvalue weighted by Crippen LogP contribution is -2.05. The van der Waals surface area contributed by atoms with E-state index in [2.05, 4.69) is 13.0 Å². The van der Waals surface area contributed by atoms with Crippen molar-refractivity contribution in [1.29, 1.82) is 0 Å². The van der Waals surface area contributed by atoms with Gasteiger partial charge in [0, 0.05) is 0 Å². The molecule has 2 nitrogen and oxygen atoms in total. The Labute approximate surface area is 119 Å². The first-order chi connectivity index (χ1) is 9.51. The third-order valence-electron chi connectivity index (χ3n) is 3.42. The Bertz CT molecular complexity index is 623. The first-order valence-corrected chi connectivity index (χ1v) is 6.75. The molecule has 2 aromatic carbocycles. The number of nitrogens with two attached hydrogens (primary N) is 1. The average molecular weight is 273 g/mol. The Morgan fingerprint density at radius 2 is 1.80 bits per heavy atom. The van der Waals surface area contributed by atoms with Gasteiger partial charge in [-0.3, -0.25) is 0 Å². The van der Waals surface area contributed by atoms with Crippen molar-refractivity contribution in [2.24, 2.45) is 5.73 Å². The van der Waals surface area contributed by atoms with Crippen molar-refractivity contribution in [2.45, 2.75) is 27.2 Å². The zero-order chi connectivity index (χ0) is 14.7. The molecule has 0 fully saturated rings. The monoisotopic (exact) mass is 273 g/mol. The molecule has 0 aliphatic heterocycles. The number of halogens is 1. The van der Waals surface area contributed by atoms with Gasteiger partial charge in [0.25, 0.3) is 0 Å². The molecule has 2 aromatic rings. The van der Waals surface area contributed by atoms with Crippen LogP contribution in [-0.2, 0) is 6.42 Å². The quantitative estimate of drug-likeness (QED) is 0.912. The smallest absolute Gasteiger partial charge is 0.130 e. The fourth-order valence-corrected chi connectivity index (χ4v) is 2.22. The molecule has 2 rings (SSSR count). The first-order valence-electron chi connectivity index (χ1n) is 6.75. The molecule has 0 aliphatic rings. The van der Waals surface area contributed by atoms with Crippen molar-refractivity contribution >= 4 is 0 Å². The Balaban J connectivity index is 2.39. The minimum atomic E-state index is -0.266. The zero-order valence-electron chi connectivity index (χ0n) is 12.2. The van der Waals surface area contributed by atoms with Gasteiger partial charge in [0.2, 0.25) is 0 Å². The van der Waals surface area contributed by atoms with E-state index < -0.39 is 0 Å². The van der Waals surface area contributed by atoms with Crippen LogP contribution in [0, 0.1) is 26.6 Å². The number of ether oxygens (including phenoxy) is 1. The SMILES string of the molecule is Cc1cc(C)c(C)c(Oc2ccc(F)cc2CCN)c1. The summed E-state index contributed by atoms with van der Waals surface area (Å²) in [4.78, 5) is 0. The Kier molecular flexibility index (Phi) is 4.40. The molecule has 3 heteroatoms. The van der Waals surface area contributed by atoms with Gasteiger partial charge < -0.3 is 10.5 Å². The number of aryl methyl sites for hydroxylation is 2. The maximum absolute atomic E-state index is 13.3. The van der Waals surface area contributed by atoms with E-state index in [1.54, 1.807) is 6.07 Å². The second kappa shape index (κ2) is 6.06. The standard InChI is InChI=1S/C17H20FNO/c1-11-8-12(2)13(3)17(9-11)20-16-5-4-15(18)10-14(16)6-7-19/h4-5,8-10H,6-7,19H2,1-3H3. The van der Waals surface area contributed by atoms with Gasteiger partial charge in [-0.2, -0.15) is 0 Å². The van der Waals surface area contributed by atoms with E-state index in [-0.39, 0.29) is 5.82 Å². The first kappa shape index (κ1) is 14.5.